The first kappa shape index (κ1) is 14.7. The lowest BCUT2D eigenvalue weighted by molar-refractivity contribution is -0.427. The molecule has 0 saturated heterocycles. The van der Waals surface area contributed by atoms with Crippen molar-refractivity contribution in [2.24, 2.45) is 10.9 Å². The molecule has 0 aromatic heterocycles. The third kappa shape index (κ3) is 4.13. The fourth-order valence-corrected chi connectivity index (χ4v) is 3.46. The predicted octanol–water partition coefficient (Wildman–Crippen LogP) is 0.592. The average Bonchev–Trinajstić information content (AvgIpc) is 2.38. The Balaban J connectivity index is 2.42. The first-order valence-electron chi connectivity index (χ1n) is 4.74. The lowest BCUT2D eigenvalue weighted by Gasteiger charge is -2.16. The number of nitro groups is 1. The molecule has 1 heterocycles. The van der Waals surface area contributed by atoms with Gasteiger partial charge in [0.05, 0.1) is 11.0 Å². The molecule has 1 aliphatic rings. The third-order valence-corrected chi connectivity index (χ3v) is 4.50. The van der Waals surface area contributed by atoms with Crippen LogP contribution in [0.15, 0.2) is 29.2 Å². The lowest BCUT2D eigenvalue weighted by atomic mass is 10.3. The molecule has 0 fully saturated rings. The second kappa shape index (κ2) is 7.13. The predicted molar refractivity (Wildman–Crippen MR) is 70.0 cm³/mol. The number of amides is 1. The van der Waals surface area contributed by atoms with Crippen LogP contribution in [0.25, 0.3) is 0 Å². The van der Waals surface area contributed by atoms with Crippen molar-refractivity contribution in [3.05, 3.63) is 39.1 Å². The molecule has 0 spiro atoms. The van der Waals surface area contributed by atoms with Gasteiger partial charge in [-0.1, -0.05) is 21.6 Å². The van der Waals surface area contributed by atoms with Crippen LogP contribution in [-0.4, -0.2) is 28.0 Å². The maximum absolute atomic E-state index is 10.8. The van der Waals surface area contributed by atoms with Crippen molar-refractivity contribution >= 4 is 27.5 Å². The van der Waals surface area contributed by atoms with E-state index in [4.69, 9.17) is 5.73 Å². The van der Waals surface area contributed by atoms with Crippen molar-refractivity contribution in [1.82, 2.24) is 5.32 Å². The number of allylic oxidation sites excluding steroid dienone is 2. The van der Waals surface area contributed by atoms with E-state index in [-0.39, 0.29) is 11.4 Å². The molecule has 1 aliphatic heterocycles. The molecule has 8 nitrogen and oxygen atoms in total. The van der Waals surface area contributed by atoms with Crippen molar-refractivity contribution in [1.29, 1.82) is 0 Å². The Labute approximate surface area is 110 Å². The van der Waals surface area contributed by atoms with Gasteiger partial charge in [-0.3, -0.25) is 14.9 Å². The van der Waals surface area contributed by atoms with E-state index in [1.165, 1.54) is 12.2 Å². The summed E-state index contributed by atoms with van der Waals surface area (Å²) in [6.45, 7) is 0. The van der Waals surface area contributed by atoms with Crippen molar-refractivity contribution in [3.8, 4) is 0 Å². The van der Waals surface area contributed by atoms with Gasteiger partial charge in [-0.25, -0.2) is 0 Å². The number of nitrogens with two attached hydrogens (primary N) is 1. The highest BCUT2D eigenvalue weighted by molar-refractivity contribution is 8.77. The molecule has 0 bridgehead atoms. The quantitative estimate of drug-likeness (QED) is 0.315. The van der Waals surface area contributed by atoms with E-state index >= 15 is 0 Å². The summed E-state index contributed by atoms with van der Waals surface area (Å²) in [6, 6.07) is -0.984. The molecule has 98 valence electrons. The first-order valence-corrected chi connectivity index (χ1v) is 7.12. The maximum Gasteiger partial charge on any atom is 0.303 e. The topological polar surface area (TPSA) is 128 Å². The number of hydrogen-bond acceptors (Lipinski definition) is 8. The molecule has 1 amide bonds. The molecule has 0 aromatic carbocycles. The molecule has 0 aliphatic carbocycles. The van der Waals surface area contributed by atoms with Crippen LogP contribution in [0.3, 0.4) is 0 Å². The van der Waals surface area contributed by atoms with Gasteiger partial charge < -0.3 is 11.1 Å². The minimum absolute atomic E-state index is 0.0170. The molecule has 1 rings (SSSR count). The highest BCUT2D eigenvalue weighted by Crippen LogP contribution is 2.31. The fraction of sp³-hybridized carbons (Fsp3) is 0.375. The number of hydrogen-bond donors (Lipinski definition) is 2. The summed E-state index contributed by atoms with van der Waals surface area (Å²) in [7, 11) is 2.32. The Kier molecular flexibility index (Phi) is 5.82. The van der Waals surface area contributed by atoms with Crippen LogP contribution >= 0.6 is 21.6 Å². The molecule has 0 saturated carbocycles. The minimum Gasteiger partial charge on any atom is -0.370 e. The number of nitrogens with zero attached hydrogens (tertiary/aromatic N) is 2. The second-order valence-corrected chi connectivity index (χ2v) is 5.69. The van der Waals surface area contributed by atoms with Crippen LogP contribution in [0.4, 0.5) is 0 Å². The Morgan fingerprint density at radius 1 is 1.72 bits per heavy atom. The second-order valence-electron chi connectivity index (χ2n) is 3.17. The van der Waals surface area contributed by atoms with Crippen LogP contribution in [0.2, 0.25) is 0 Å². The standard InChI is InChI=1S/C8H10N4O4S2/c9-5(7(13)11-14)4-17-18-8-6(12(15)16)2-1-3-10-8/h1-3,5,8,10H,4,9H2/t5-,8?/m0/s1. The summed E-state index contributed by atoms with van der Waals surface area (Å²) in [4.78, 5) is 31.0. The highest BCUT2D eigenvalue weighted by Gasteiger charge is 2.26. The molecule has 10 heteroatoms. The zero-order chi connectivity index (χ0) is 13.5. The molecule has 0 aromatic rings. The normalized spacial score (nSPS) is 19.6. The fourth-order valence-electron chi connectivity index (χ4n) is 1.02. The summed E-state index contributed by atoms with van der Waals surface area (Å²) in [5, 5.41) is 15.2. The van der Waals surface area contributed by atoms with Crippen molar-refractivity contribution in [2.45, 2.75) is 11.4 Å². The SMILES string of the molecule is N[C@@H](CSSC1NC=CC=C1[N+](=O)[O-])C(=O)N=O. The van der Waals surface area contributed by atoms with Gasteiger partial charge in [-0.05, 0) is 12.3 Å². The summed E-state index contributed by atoms with van der Waals surface area (Å²) >= 11 is 0. The lowest BCUT2D eigenvalue weighted by Crippen LogP contribution is -2.32. The Morgan fingerprint density at radius 3 is 3.06 bits per heavy atom. The number of carbonyl (C=O) groups excluding carboxylic acids is 1. The van der Waals surface area contributed by atoms with Crippen LogP contribution in [-0.2, 0) is 4.79 Å². The number of carbonyl (C=O) groups is 1. The Hall–Kier alpha value is -1.39. The minimum atomic E-state index is -0.984. The average molecular weight is 290 g/mol. The van der Waals surface area contributed by atoms with Gasteiger partial charge in [0.1, 0.15) is 0 Å². The zero-order valence-corrected chi connectivity index (χ0v) is 10.6. The van der Waals surface area contributed by atoms with Crippen LogP contribution < -0.4 is 11.1 Å². The summed E-state index contributed by atoms with van der Waals surface area (Å²) in [5.41, 5.74) is 5.39. The van der Waals surface area contributed by atoms with Gasteiger partial charge >= 0.3 is 5.91 Å². The summed E-state index contributed by atoms with van der Waals surface area (Å²) in [6.07, 6.45) is 4.52. The van der Waals surface area contributed by atoms with E-state index in [9.17, 15) is 19.8 Å². The molecule has 3 N–H and O–H groups in total. The van der Waals surface area contributed by atoms with Crippen LogP contribution in [0, 0.1) is 15.0 Å². The summed E-state index contributed by atoms with van der Waals surface area (Å²) < 4.78 is 0. The van der Waals surface area contributed by atoms with E-state index in [1.54, 1.807) is 6.20 Å². The van der Waals surface area contributed by atoms with Gasteiger partial charge in [0.2, 0.25) is 0 Å². The Morgan fingerprint density at radius 2 is 2.44 bits per heavy atom. The molecule has 2 atom stereocenters. The highest BCUT2D eigenvalue weighted by atomic mass is 33.1. The first-order chi connectivity index (χ1) is 8.56. The van der Waals surface area contributed by atoms with E-state index in [1.807, 2.05) is 0 Å². The monoisotopic (exact) mass is 290 g/mol. The maximum atomic E-state index is 10.8. The van der Waals surface area contributed by atoms with Gasteiger partial charge in [-0.2, -0.15) is 0 Å². The summed E-state index contributed by atoms with van der Waals surface area (Å²) in [5.74, 6) is -0.771. The van der Waals surface area contributed by atoms with Crippen molar-refractivity contribution in [2.75, 3.05) is 5.75 Å². The molecular formula is C8H10N4O4S2. The van der Waals surface area contributed by atoms with E-state index in [0.29, 0.717) is 0 Å². The molecule has 18 heavy (non-hydrogen) atoms. The van der Waals surface area contributed by atoms with Gasteiger partial charge in [0.15, 0.2) is 5.37 Å². The smallest absolute Gasteiger partial charge is 0.303 e. The van der Waals surface area contributed by atoms with E-state index in [2.05, 4.69) is 10.5 Å². The number of nitroso groups, excluding NO2 is 1. The van der Waals surface area contributed by atoms with E-state index < -0.39 is 22.2 Å². The number of dihydropyridines is 1. The van der Waals surface area contributed by atoms with Crippen LogP contribution in [0.1, 0.15) is 0 Å². The largest absolute Gasteiger partial charge is 0.370 e. The number of rotatable bonds is 6. The van der Waals surface area contributed by atoms with Crippen LogP contribution in [0.5, 0.6) is 0 Å². The third-order valence-electron chi connectivity index (χ3n) is 1.91. The van der Waals surface area contributed by atoms with Gasteiger partial charge in [-0.15, -0.1) is 4.91 Å². The van der Waals surface area contributed by atoms with Crippen molar-refractivity contribution < 1.29 is 9.72 Å². The number of nitrogens with one attached hydrogen (secondary N) is 1. The van der Waals surface area contributed by atoms with Gasteiger partial charge in [0, 0.05) is 17.0 Å². The molecule has 0 radical (unpaired) electrons. The zero-order valence-electron chi connectivity index (χ0n) is 9.02. The molecular weight excluding hydrogens is 280 g/mol. The Bertz CT molecular complexity index is 412. The van der Waals surface area contributed by atoms with E-state index in [0.717, 1.165) is 21.6 Å². The van der Waals surface area contributed by atoms with Gasteiger partial charge in [0.25, 0.3) is 5.70 Å². The molecule has 1 unspecified atom stereocenters. The van der Waals surface area contributed by atoms with Crippen molar-refractivity contribution in [3.63, 3.8) is 0 Å².